The fraction of sp³-hybridized carbons (Fsp3) is 0.731. The van der Waals surface area contributed by atoms with Gasteiger partial charge in [-0.15, -0.1) is 0 Å². The van der Waals surface area contributed by atoms with Gasteiger partial charge in [-0.25, -0.2) is 0 Å². The molecule has 3 aliphatic rings. The van der Waals surface area contributed by atoms with Crippen molar-refractivity contribution in [1.29, 1.82) is 0 Å². The summed E-state index contributed by atoms with van der Waals surface area (Å²) in [6.07, 6.45) is 7.98. The summed E-state index contributed by atoms with van der Waals surface area (Å²) < 4.78 is 11.7. The number of hydrogen-bond donors (Lipinski definition) is 2. The minimum absolute atomic E-state index is 0.0722. The van der Waals surface area contributed by atoms with Crippen LogP contribution in [0.2, 0.25) is 0 Å². The van der Waals surface area contributed by atoms with Crippen LogP contribution in [0.3, 0.4) is 0 Å². The lowest BCUT2D eigenvalue weighted by atomic mass is 9.74. The molecule has 5 nitrogen and oxygen atoms in total. The van der Waals surface area contributed by atoms with Crippen molar-refractivity contribution in [3.8, 4) is 5.75 Å². The van der Waals surface area contributed by atoms with Crippen LogP contribution in [-0.2, 0) is 22.4 Å². The van der Waals surface area contributed by atoms with Crippen molar-refractivity contribution in [2.75, 3.05) is 39.5 Å². The highest BCUT2D eigenvalue weighted by Gasteiger charge is 2.31. The number of amides is 1. The van der Waals surface area contributed by atoms with Gasteiger partial charge in [-0.05, 0) is 80.2 Å². The highest BCUT2D eigenvalue weighted by atomic mass is 16.5. The van der Waals surface area contributed by atoms with Gasteiger partial charge in [-0.1, -0.05) is 19.8 Å². The Balaban J connectivity index is 1.39. The number of ether oxygens (including phenoxy) is 2. The molecule has 172 valence electrons. The molecule has 1 aromatic rings. The van der Waals surface area contributed by atoms with E-state index in [1.807, 2.05) is 0 Å². The fourth-order valence-electron chi connectivity index (χ4n) is 5.73. The average molecular weight is 430 g/mol. The van der Waals surface area contributed by atoms with E-state index in [9.17, 15) is 4.79 Å². The Kier molecular flexibility index (Phi) is 7.55. The highest BCUT2D eigenvalue weighted by molar-refractivity contribution is 5.79. The van der Waals surface area contributed by atoms with Gasteiger partial charge in [-0.2, -0.15) is 0 Å². The fourth-order valence-corrected chi connectivity index (χ4v) is 5.73. The van der Waals surface area contributed by atoms with Crippen LogP contribution in [0.5, 0.6) is 5.75 Å². The zero-order valence-electron chi connectivity index (χ0n) is 19.7. The molecule has 1 saturated carbocycles. The van der Waals surface area contributed by atoms with Crippen molar-refractivity contribution in [2.24, 2.45) is 11.8 Å². The van der Waals surface area contributed by atoms with E-state index in [0.717, 1.165) is 77.3 Å². The summed E-state index contributed by atoms with van der Waals surface area (Å²) in [6.45, 7) is 12.2. The minimum atomic E-state index is 0.0722. The summed E-state index contributed by atoms with van der Waals surface area (Å²) in [7, 11) is 0. The smallest absolute Gasteiger partial charge is 0.223 e. The Bertz CT molecular complexity index is 766. The predicted molar refractivity (Wildman–Crippen MR) is 123 cm³/mol. The van der Waals surface area contributed by atoms with Gasteiger partial charge in [0.2, 0.25) is 5.91 Å². The zero-order valence-corrected chi connectivity index (χ0v) is 19.7. The Morgan fingerprint density at radius 1 is 1.19 bits per heavy atom. The number of quaternary nitrogens is 1. The molecule has 1 aromatic carbocycles. The highest BCUT2D eigenvalue weighted by Crippen LogP contribution is 2.37. The Labute approximate surface area is 187 Å². The lowest BCUT2D eigenvalue weighted by molar-refractivity contribution is -0.908. The molecule has 0 bridgehead atoms. The summed E-state index contributed by atoms with van der Waals surface area (Å²) in [5, 5.41) is 3.32. The molecule has 5 heteroatoms. The number of carbonyl (C=O) groups excluding carboxylic acids is 1. The molecule has 1 amide bonds. The molecule has 2 atom stereocenters. The molecule has 0 aromatic heterocycles. The van der Waals surface area contributed by atoms with Gasteiger partial charge in [0, 0.05) is 12.0 Å². The van der Waals surface area contributed by atoms with Crippen LogP contribution in [0.25, 0.3) is 0 Å². The summed E-state index contributed by atoms with van der Waals surface area (Å²) in [6, 6.07) is 2.64. The first-order valence-corrected chi connectivity index (χ1v) is 12.5. The summed E-state index contributed by atoms with van der Waals surface area (Å²) in [5.41, 5.74) is 5.55. The second kappa shape index (κ2) is 10.4. The third-order valence-corrected chi connectivity index (χ3v) is 7.98. The van der Waals surface area contributed by atoms with E-state index < -0.39 is 0 Å². The lowest BCUT2D eigenvalue weighted by Gasteiger charge is -2.32. The van der Waals surface area contributed by atoms with Gasteiger partial charge in [0.1, 0.15) is 32.0 Å². The van der Waals surface area contributed by atoms with E-state index in [1.54, 1.807) is 4.90 Å². The first-order chi connectivity index (χ1) is 15.0. The van der Waals surface area contributed by atoms with Crippen molar-refractivity contribution in [1.82, 2.24) is 5.32 Å². The number of fused-ring (bicyclic) bond motifs is 1. The predicted octanol–water partition coefficient (Wildman–Crippen LogP) is 2.40. The van der Waals surface area contributed by atoms with E-state index in [4.69, 9.17) is 9.47 Å². The van der Waals surface area contributed by atoms with Gasteiger partial charge < -0.3 is 19.7 Å². The first kappa shape index (κ1) is 22.6. The molecular formula is C26H41N2O3+. The van der Waals surface area contributed by atoms with Crippen LogP contribution in [0, 0.1) is 25.7 Å². The van der Waals surface area contributed by atoms with Gasteiger partial charge in [0.25, 0.3) is 0 Å². The molecule has 0 spiro atoms. The van der Waals surface area contributed by atoms with E-state index in [1.165, 1.54) is 35.1 Å². The van der Waals surface area contributed by atoms with Crippen LogP contribution in [0.15, 0.2) is 6.07 Å². The van der Waals surface area contributed by atoms with Gasteiger partial charge in [0.15, 0.2) is 0 Å². The van der Waals surface area contributed by atoms with Crippen LogP contribution < -0.4 is 15.0 Å². The minimum Gasteiger partial charge on any atom is -0.487 e. The molecule has 4 rings (SSSR count). The molecule has 1 saturated heterocycles. The van der Waals surface area contributed by atoms with Crippen LogP contribution >= 0.6 is 0 Å². The maximum Gasteiger partial charge on any atom is 0.223 e. The van der Waals surface area contributed by atoms with Crippen molar-refractivity contribution >= 4 is 5.91 Å². The number of benzene rings is 1. The molecule has 0 radical (unpaired) electrons. The number of nitrogens with one attached hydrogen (secondary N) is 2. The SMILES string of the molecule is Cc1cc(OCC[NH+]2CCOCC2)c(C)c2c1CC[C@@H]([C@H](C)C(=O)NC1CCCC1)C2. The van der Waals surface area contributed by atoms with Crippen LogP contribution in [-0.4, -0.2) is 51.4 Å². The Morgan fingerprint density at radius 3 is 2.68 bits per heavy atom. The van der Waals surface area contributed by atoms with E-state index in [-0.39, 0.29) is 11.8 Å². The number of morpholine rings is 1. The van der Waals surface area contributed by atoms with Crippen LogP contribution in [0.1, 0.15) is 61.3 Å². The second-order valence-electron chi connectivity index (χ2n) is 10.0. The lowest BCUT2D eigenvalue weighted by Crippen LogP contribution is -3.14. The third-order valence-electron chi connectivity index (χ3n) is 7.98. The molecule has 2 N–H and O–H groups in total. The summed E-state index contributed by atoms with van der Waals surface area (Å²) >= 11 is 0. The van der Waals surface area contributed by atoms with Gasteiger partial charge in [-0.3, -0.25) is 4.79 Å². The van der Waals surface area contributed by atoms with E-state index >= 15 is 0 Å². The maximum absolute atomic E-state index is 12.9. The topological polar surface area (TPSA) is 52.0 Å². The van der Waals surface area contributed by atoms with Crippen molar-refractivity contribution in [3.63, 3.8) is 0 Å². The number of aryl methyl sites for hydroxylation is 1. The maximum atomic E-state index is 12.9. The first-order valence-electron chi connectivity index (χ1n) is 12.5. The third kappa shape index (κ3) is 5.43. The molecular weight excluding hydrogens is 388 g/mol. The Hall–Kier alpha value is -1.59. The van der Waals surface area contributed by atoms with Gasteiger partial charge >= 0.3 is 0 Å². The summed E-state index contributed by atoms with van der Waals surface area (Å²) in [5.74, 6) is 1.78. The summed E-state index contributed by atoms with van der Waals surface area (Å²) in [4.78, 5) is 14.4. The Morgan fingerprint density at radius 2 is 1.94 bits per heavy atom. The molecule has 1 aliphatic heterocycles. The monoisotopic (exact) mass is 429 g/mol. The second-order valence-corrected chi connectivity index (χ2v) is 10.0. The quantitative estimate of drug-likeness (QED) is 0.700. The van der Waals surface area contributed by atoms with Crippen molar-refractivity contribution in [2.45, 2.75) is 71.8 Å². The molecule has 1 heterocycles. The van der Waals surface area contributed by atoms with Crippen molar-refractivity contribution in [3.05, 3.63) is 28.3 Å². The number of carbonyl (C=O) groups is 1. The molecule has 2 aliphatic carbocycles. The van der Waals surface area contributed by atoms with Crippen molar-refractivity contribution < 1.29 is 19.2 Å². The number of hydrogen-bond acceptors (Lipinski definition) is 3. The normalized spacial score (nSPS) is 23.4. The standard InChI is InChI=1S/C26H40N2O3/c1-18-16-25(31-15-12-28-10-13-30-14-11-28)20(3)24-17-21(8-9-23(18)24)19(2)26(29)27-22-6-4-5-7-22/h16,19,21-22H,4-15,17H2,1-3H3,(H,27,29)/p+1/t19-,21+/m0/s1. The van der Waals surface area contributed by atoms with E-state index in [0.29, 0.717) is 12.0 Å². The van der Waals surface area contributed by atoms with Gasteiger partial charge in [0.05, 0.1) is 13.2 Å². The van der Waals surface area contributed by atoms with E-state index in [2.05, 4.69) is 32.2 Å². The largest absolute Gasteiger partial charge is 0.487 e. The molecule has 2 fully saturated rings. The average Bonchev–Trinajstić information content (AvgIpc) is 3.30. The number of rotatable bonds is 7. The molecule has 31 heavy (non-hydrogen) atoms. The molecule has 0 unspecified atom stereocenters. The van der Waals surface area contributed by atoms with Crippen LogP contribution in [0.4, 0.5) is 0 Å². The zero-order chi connectivity index (χ0) is 21.8.